The molecule has 0 radical (unpaired) electrons. The molecular weight excluding hydrogens is 1330 g/mol. The zero-order valence-corrected chi connectivity index (χ0v) is 62.8. The fraction of sp³-hybridized carbons (Fsp3) is 0.276. The number of hydrogen-bond acceptors (Lipinski definition) is 16. The summed E-state index contributed by atoms with van der Waals surface area (Å²) in [6.45, 7) is 17.9. The Morgan fingerprint density at radius 1 is 0.413 bits per heavy atom. The average molecular weight is 1430 g/mol. The van der Waals surface area contributed by atoms with Crippen LogP contribution in [0.4, 0.5) is 28.4 Å². The predicted molar refractivity (Wildman–Crippen MR) is 424 cm³/mol. The Hall–Kier alpha value is -10.9. The third-order valence-electron chi connectivity index (χ3n) is 15.0. The number of nitrogens with one attached hydrogen (secondary N) is 1. The molecule has 104 heavy (non-hydrogen) atoms. The largest absolute Gasteiger partial charge is 0.489 e. The first-order chi connectivity index (χ1) is 50.0. The van der Waals surface area contributed by atoms with Crippen LogP contribution in [0.1, 0.15) is 76.3 Å². The topological polar surface area (TPSA) is 184 Å². The van der Waals surface area contributed by atoms with Crippen molar-refractivity contribution in [2.24, 2.45) is 10.8 Å². The molecule has 17 heteroatoms. The van der Waals surface area contributed by atoms with Crippen LogP contribution in [0.5, 0.6) is 28.7 Å². The maximum atomic E-state index is 11.8. The Morgan fingerprint density at radius 3 is 1.05 bits per heavy atom. The minimum atomic E-state index is -0.468. The van der Waals surface area contributed by atoms with Crippen LogP contribution in [-0.2, 0) is 56.9 Å². The number of nitrogen functional groups attached to an aromatic ring is 1. The molecule has 0 aliphatic heterocycles. The number of aliphatic hydroxyl groups is 1. The minimum Gasteiger partial charge on any atom is -0.489 e. The number of nitrogens with zero attached hydrogens (tertiary/aromatic N) is 3. The smallest absolute Gasteiger partial charge is 0.325 e. The standard InChI is InChI=1S/C21H27NO3.C18H21NO3.C16H19NO2.C14H15NO.C13H13NO.C5H9ClO/c1-21(2,3)20(23)24-14-13-22(4)18-11-8-12-19(15-18)25-16-17-9-6-5-7-10-17;1-3-21-18(20)13-19(2)16-10-7-11-17(12-16)22-14-15-8-5-4-6-9-15;1-17(10-11-18)15-8-5-9-16(12-15)19-13-14-6-3-2-4-7-14;1-15-13-8-5-9-14(10-13)16-11-12-6-3-2-4-7-12;14-12-7-4-8-13(9-12)15-10-11-5-2-1-3-6-11;1-5(2,3)4(6)7/h5-12,15H,13-14,16H2,1-4H3;4-12H,3,13-14H2,1-2H3;2-9,12,18H,10-11,13H2,1H3;2-10,15H,11H2,1H3;1-9H,10,14H2;1-3H3. The van der Waals surface area contributed by atoms with E-state index in [0.29, 0.717) is 59.3 Å². The summed E-state index contributed by atoms with van der Waals surface area (Å²) in [5.41, 5.74) is 15.3. The molecule has 0 fully saturated rings. The predicted octanol–water partition coefficient (Wildman–Crippen LogP) is 18.2. The first kappa shape index (κ1) is 83.7. The SMILES string of the molecule is CC(C)(C)C(=O)Cl.CCOC(=O)CN(C)c1cccc(OCc2ccccc2)c1.CN(CCO)c1cccc(OCc2ccccc2)c1.CN(CCOC(=O)C(C)(C)C)c1cccc(OCc2ccccc2)c1.CNc1cccc(OCc2ccccc2)c1.Nc1cccc(OCc2ccccc2)c1. The van der Waals surface area contributed by atoms with Gasteiger partial charge in [-0.2, -0.15) is 0 Å². The maximum Gasteiger partial charge on any atom is 0.325 e. The number of halogens is 1. The Morgan fingerprint density at radius 2 is 0.731 bits per heavy atom. The van der Waals surface area contributed by atoms with E-state index >= 15 is 0 Å². The quantitative estimate of drug-likeness (QED) is 0.0251. The summed E-state index contributed by atoms with van der Waals surface area (Å²) in [6.07, 6.45) is 0. The first-order valence-electron chi connectivity index (χ1n) is 34.6. The number of benzene rings is 10. The van der Waals surface area contributed by atoms with Crippen molar-refractivity contribution in [2.75, 3.05) is 93.4 Å². The summed E-state index contributed by atoms with van der Waals surface area (Å²) in [4.78, 5) is 39.4. The number of ether oxygens (including phenoxy) is 7. The lowest BCUT2D eigenvalue weighted by atomic mass is 9.97. The Labute approximate surface area is 621 Å². The second kappa shape index (κ2) is 46.5. The molecule has 550 valence electrons. The van der Waals surface area contributed by atoms with Gasteiger partial charge in [-0.1, -0.05) is 203 Å². The fourth-order valence-electron chi connectivity index (χ4n) is 8.87. The van der Waals surface area contributed by atoms with Gasteiger partial charge in [0.25, 0.3) is 0 Å². The molecule has 0 saturated heterocycles. The van der Waals surface area contributed by atoms with Crippen LogP contribution < -0.4 is 49.4 Å². The minimum absolute atomic E-state index is 0.144. The number of carbonyl (C=O) groups is 3. The van der Waals surface area contributed by atoms with E-state index in [2.05, 4.69) is 17.4 Å². The number of carbonyl (C=O) groups excluding carboxylic acids is 3. The lowest BCUT2D eigenvalue weighted by molar-refractivity contribution is -0.152. The number of likely N-dealkylation sites (N-methyl/N-ethyl adjacent to an activating group) is 3. The van der Waals surface area contributed by atoms with Crippen molar-refractivity contribution in [3.8, 4) is 28.7 Å². The van der Waals surface area contributed by atoms with Crippen LogP contribution in [-0.4, -0.2) is 89.9 Å². The molecule has 4 N–H and O–H groups in total. The molecule has 0 spiro atoms. The maximum absolute atomic E-state index is 11.8. The highest BCUT2D eigenvalue weighted by atomic mass is 35.5. The van der Waals surface area contributed by atoms with Crippen molar-refractivity contribution in [3.63, 3.8) is 0 Å². The van der Waals surface area contributed by atoms with E-state index in [0.717, 1.165) is 79.4 Å². The third-order valence-corrected chi connectivity index (χ3v) is 15.5. The van der Waals surface area contributed by atoms with Crippen LogP contribution in [0.2, 0.25) is 0 Å². The lowest BCUT2D eigenvalue weighted by Crippen LogP contribution is -2.28. The summed E-state index contributed by atoms with van der Waals surface area (Å²) in [5, 5.41) is 11.7. The highest BCUT2D eigenvalue weighted by Crippen LogP contribution is 2.26. The monoisotopic (exact) mass is 1430 g/mol. The van der Waals surface area contributed by atoms with Gasteiger partial charge in [0.1, 0.15) is 74.9 Å². The van der Waals surface area contributed by atoms with Crippen molar-refractivity contribution < 1.29 is 52.6 Å². The number of anilines is 5. The summed E-state index contributed by atoms with van der Waals surface area (Å²) in [5.74, 6) is 3.71. The molecule has 0 atom stereocenters. The van der Waals surface area contributed by atoms with Crippen molar-refractivity contribution in [1.82, 2.24) is 0 Å². The van der Waals surface area contributed by atoms with E-state index in [1.165, 1.54) is 5.56 Å². The van der Waals surface area contributed by atoms with Crippen molar-refractivity contribution in [3.05, 3.63) is 301 Å². The van der Waals surface area contributed by atoms with Crippen molar-refractivity contribution in [2.45, 2.75) is 81.5 Å². The van der Waals surface area contributed by atoms with Gasteiger partial charge in [-0.15, -0.1) is 0 Å². The fourth-order valence-corrected chi connectivity index (χ4v) is 8.87. The van der Waals surface area contributed by atoms with E-state index in [9.17, 15) is 14.4 Å². The van der Waals surface area contributed by atoms with Gasteiger partial charge in [-0.05, 0) is 128 Å². The Kier molecular flexibility index (Phi) is 37.5. The second-order valence-corrected chi connectivity index (χ2v) is 26.2. The summed E-state index contributed by atoms with van der Waals surface area (Å²) in [6, 6.07) is 89.3. The van der Waals surface area contributed by atoms with Gasteiger partial charge in [0.05, 0.1) is 25.2 Å². The van der Waals surface area contributed by atoms with E-state index in [1.54, 1.807) is 27.7 Å². The average Bonchev–Trinajstić information content (AvgIpc) is 0.887. The van der Waals surface area contributed by atoms with E-state index < -0.39 is 5.41 Å². The lowest BCUT2D eigenvalue weighted by Gasteiger charge is -2.22. The second-order valence-electron chi connectivity index (χ2n) is 25.9. The van der Waals surface area contributed by atoms with Crippen LogP contribution in [0.15, 0.2) is 273 Å². The van der Waals surface area contributed by atoms with E-state index in [4.69, 9.17) is 55.6 Å². The van der Waals surface area contributed by atoms with Crippen LogP contribution in [0, 0.1) is 10.8 Å². The molecule has 0 heterocycles. The third kappa shape index (κ3) is 34.6. The summed E-state index contributed by atoms with van der Waals surface area (Å²) >= 11 is 5.11. The molecule has 0 aromatic heterocycles. The number of nitrogens with two attached hydrogens (primary N) is 1. The van der Waals surface area contributed by atoms with Gasteiger partial charge in [0.2, 0.25) is 5.24 Å². The van der Waals surface area contributed by atoms with Crippen LogP contribution in [0.3, 0.4) is 0 Å². The molecule has 10 rings (SSSR count). The Bertz CT molecular complexity index is 4010. The molecule has 16 nitrogen and oxygen atoms in total. The molecule has 0 bridgehead atoms. The van der Waals surface area contributed by atoms with Gasteiger partial charge in [0, 0.05) is 98.9 Å². The molecule has 0 aliphatic rings. The Balaban J connectivity index is 0.000000230. The summed E-state index contributed by atoms with van der Waals surface area (Å²) in [7, 11) is 7.68. The molecule has 10 aromatic carbocycles. The first-order valence-corrected chi connectivity index (χ1v) is 34.9. The van der Waals surface area contributed by atoms with Crippen molar-refractivity contribution >= 4 is 57.2 Å². The highest BCUT2D eigenvalue weighted by Gasteiger charge is 2.23. The van der Waals surface area contributed by atoms with Gasteiger partial charge in [-0.25, -0.2) is 0 Å². The number of esters is 2. The number of hydrogen-bond donors (Lipinski definition) is 3. The number of rotatable bonds is 27. The normalized spacial score (nSPS) is 10.4. The number of aliphatic hydroxyl groups excluding tert-OH is 1. The van der Waals surface area contributed by atoms with E-state index in [-0.39, 0.29) is 35.7 Å². The summed E-state index contributed by atoms with van der Waals surface area (Å²) < 4.78 is 39.0. The molecule has 0 amide bonds. The molecule has 10 aromatic rings. The highest BCUT2D eigenvalue weighted by molar-refractivity contribution is 6.64. The molecule has 0 unspecified atom stereocenters. The van der Waals surface area contributed by atoms with Crippen LogP contribution in [0.25, 0.3) is 0 Å². The van der Waals surface area contributed by atoms with Gasteiger partial charge < -0.3 is 64.0 Å². The molecule has 0 saturated carbocycles. The van der Waals surface area contributed by atoms with Gasteiger partial charge >= 0.3 is 11.9 Å². The zero-order valence-electron chi connectivity index (χ0n) is 62.1. The van der Waals surface area contributed by atoms with Crippen LogP contribution >= 0.6 is 11.6 Å². The molecular formula is C87H104ClN5O11. The van der Waals surface area contributed by atoms with Crippen molar-refractivity contribution in [1.29, 1.82) is 0 Å². The van der Waals surface area contributed by atoms with Gasteiger partial charge in [-0.3, -0.25) is 14.4 Å². The molecule has 0 aliphatic carbocycles. The van der Waals surface area contributed by atoms with Gasteiger partial charge in [0.15, 0.2) is 0 Å². The zero-order chi connectivity index (χ0) is 75.4. The van der Waals surface area contributed by atoms with E-state index in [1.807, 2.05) is 325 Å².